The molecule has 2 N–H and O–H groups in total. The van der Waals surface area contributed by atoms with Crippen LogP contribution in [0.2, 0.25) is 0 Å². The van der Waals surface area contributed by atoms with Gasteiger partial charge in [-0.25, -0.2) is 0 Å². The summed E-state index contributed by atoms with van der Waals surface area (Å²) in [6.45, 7) is 5.18. The van der Waals surface area contributed by atoms with E-state index in [1.165, 1.54) is 23.2 Å². The molecule has 0 saturated heterocycles. The van der Waals surface area contributed by atoms with Crippen LogP contribution in [0.1, 0.15) is 30.0 Å². The topological polar surface area (TPSA) is 79.9 Å². The van der Waals surface area contributed by atoms with Crippen molar-refractivity contribution in [3.8, 4) is 11.5 Å². The number of carbonyl (C=O) groups excluding carboxylic acids is 2. The molecule has 2 aromatic rings. The number of hydrogen-bond acceptors (Lipinski definition) is 5. The third kappa shape index (κ3) is 4.50. The third-order valence-corrected chi connectivity index (χ3v) is 5.54. The molecule has 2 aliphatic rings. The minimum Gasteiger partial charge on any atom is -0.454 e. The van der Waals surface area contributed by atoms with E-state index in [1.54, 1.807) is 12.1 Å². The van der Waals surface area contributed by atoms with Gasteiger partial charge in [-0.2, -0.15) is 0 Å². The fourth-order valence-corrected chi connectivity index (χ4v) is 3.93. The Balaban J connectivity index is 1.23. The highest BCUT2D eigenvalue weighted by Gasteiger charge is 2.17. The number of hydrogen-bond donors (Lipinski definition) is 2. The molecular formula is C23H27N3O4. The highest BCUT2D eigenvalue weighted by atomic mass is 16.7. The fourth-order valence-electron chi connectivity index (χ4n) is 3.93. The number of amides is 2. The normalized spacial score (nSPS) is 14.2. The smallest absolute Gasteiger partial charge is 0.309 e. The van der Waals surface area contributed by atoms with Crippen LogP contribution in [0.5, 0.6) is 11.5 Å². The molecule has 0 spiro atoms. The molecule has 0 fully saturated rings. The summed E-state index contributed by atoms with van der Waals surface area (Å²) in [5.41, 5.74) is 4.70. The molecule has 30 heavy (non-hydrogen) atoms. The van der Waals surface area contributed by atoms with Gasteiger partial charge in [0.1, 0.15) is 0 Å². The Morgan fingerprint density at radius 2 is 1.80 bits per heavy atom. The summed E-state index contributed by atoms with van der Waals surface area (Å²) in [6, 6.07) is 11.9. The molecule has 0 aliphatic carbocycles. The Hall–Kier alpha value is -3.22. The first-order valence-electron chi connectivity index (χ1n) is 10.5. The van der Waals surface area contributed by atoms with E-state index in [1.807, 2.05) is 6.07 Å². The van der Waals surface area contributed by atoms with Crippen LogP contribution < -0.4 is 25.0 Å². The number of aryl methyl sites for hydroxylation is 1. The van der Waals surface area contributed by atoms with E-state index >= 15 is 0 Å². The predicted molar refractivity (Wildman–Crippen MR) is 114 cm³/mol. The Bertz CT molecular complexity index is 944. The first kappa shape index (κ1) is 20.1. The van der Waals surface area contributed by atoms with E-state index in [0.717, 1.165) is 25.1 Å². The van der Waals surface area contributed by atoms with Crippen LogP contribution >= 0.6 is 0 Å². The number of fused-ring (bicyclic) bond motifs is 2. The fraction of sp³-hybridized carbons (Fsp3) is 0.391. The highest BCUT2D eigenvalue weighted by Crippen LogP contribution is 2.32. The zero-order valence-corrected chi connectivity index (χ0v) is 17.2. The zero-order valence-electron chi connectivity index (χ0n) is 17.2. The van der Waals surface area contributed by atoms with Gasteiger partial charge in [0.05, 0.1) is 0 Å². The Kier molecular flexibility index (Phi) is 6.07. The Labute approximate surface area is 176 Å². The molecule has 7 heteroatoms. The van der Waals surface area contributed by atoms with E-state index in [-0.39, 0.29) is 13.3 Å². The average molecular weight is 409 g/mol. The van der Waals surface area contributed by atoms with Gasteiger partial charge in [0.2, 0.25) is 6.79 Å². The van der Waals surface area contributed by atoms with Crippen LogP contribution in [0.3, 0.4) is 0 Å². The lowest BCUT2D eigenvalue weighted by molar-refractivity contribution is -0.139. The monoisotopic (exact) mass is 409 g/mol. The molecule has 0 bridgehead atoms. The van der Waals surface area contributed by atoms with Crippen LogP contribution in [-0.4, -0.2) is 38.2 Å². The third-order valence-electron chi connectivity index (χ3n) is 5.54. The van der Waals surface area contributed by atoms with E-state index in [4.69, 9.17) is 9.47 Å². The average Bonchev–Trinajstić information content (AvgIpc) is 3.24. The summed E-state index contributed by atoms with van der Waals surface area (Å²) < 4.78 is 10.6. The van der Waals surface area contributed by atoms with Crippen LogP contribution in [-0.2, 0) is 29.0 Å². The highest BCUT2D eigenvalue weighted by molar-refractivity contribution is 6.35. The number of nitrogens with one attached hydrogen (secondary N) is 2. The standard InChI is InChI=1S/C23H27N3O4/c1-2-26-11-3-4-18-12-16(5-7-19(18)26)9-10-24-22(27)23(28)25-14-17-6-8-20-21(13-17)30-15-29-20/h5-8,12-13H,2-4,9-11,14-15H2,1H3,(H,24,27)(H,25,28). The minimum atomic E-state index is -0.642. The van der Waals surface area contributed by atoms with E-state index < -0.39 is 11.8 Å². The number of carbonyl (C=O) groups is 2. The van der Waals surface area contributed by atoms with Crippen molar-refractivity contribution in [2.24, 2.45) is 0 Å². The van der Waals surface area contributed by atoms with Crippen molar-refractivity contribution in [3.05, 3.63) is 53.1 Å². The van der Waals surface area contributed by atoms with Crippen LogP contribution in [0, 0.1) is 0 Å². The Morgan fingerprint density at radius 1 is 1.00 bits per heavy atom. The molecule has 7 nitrogen and oxygen atoms in total. The van der Waals surface area contributed by atoms with E-state index in [9.17, 15) is 9.59 Å². The second-order valence-corrected chi connectivity index (χ2v) is 7.52. The van der Waals surface area contributed by atoms with Crippen LogP contribution in [0.25, 0.3) is 0 Å². The quantitative estimate of drug-likeness (QED) is 0.715. The van der Waals surface area contributed by atoms with Crippen molar-refractivity contribution in [1.29, 1.82) is 0 Å². The summed E-state index contributed by atoms with van der Waals surface area (Å²) in [5, 5.41) is 5.34. The largest absolute Gasteiger partial charge is 0.454 e. The van der Waals surface area contributed by atoms with Crippen molar-refractivity contribution in [2.75, 3.05) is 31.3 Å². The molecule has 2 aliphatic heterocycles. The van der Waals surface area contributed by atoms with Crippen molar-refractivity contribution < 1.29 is 19.1 Å². The molecule has 2 amide bonds. The maximum absolute atomic E-state index is 12.1. The summed E-state index contributed by atoms with van der Waals surface area (Å²) >= 11 is 0. The molecule has 0 radical (unpaired) electrons. The molecule has 2 aromatic carbocycles. The molecule has 158 valence electrons. The maximum atomic E-state index is 12.1. The first-order valence-corrected chi connectivity index (χ1v) is 10.5. The number of benzene rings is 2. The van der Waals surface area contributed by atoms with Crippen molar-refractivity contribution in [2.45, 2.75) is 32.7 Å². The van der Waals surface area contributed by atoms with Gasteiger partial charge >= 0.3 is 11.8 Å². The number of nitrogens with zero attached hydrogens (tertiary/aromatic N) is 1. The molecule has 0 atom stereocenters. The first-order chi connectivity index (χ1) is 14.6. The molecule has 4 rings (SSSR count). The summed E-state index contributed by atoms with van der Waals surface area (Å²) in [4.78, 5) is 26.5. The van der Waals surface area contributed by atoms with Crippen molar-refractivity contribution in [1.82, 2.24) is 10.6 Å². The SMILES string of the molecule is CCN1CCCc2cc(CCNC(=O)C(=O)NCc3ccc4c(c3)OCO4)ccc21. The minimum absolute atomic E-state index is 0.203. The van der Waals surface area contributed by atoms with Gasteiger partial charge < -0.3 is 25.0 Å². The summed E-state index contributed by atoms with van der Waals surface area (Å²) in [7, 11) is 0. The van der Waals surface area contributed by atoms with Gasteiger partial charge in [-0.1, -0.05) is 18.2 Å². The second-order valence-electron chi connectivity index (χ2n) is 7.52. The second kappa shape index (κ2) is 9.07. The van der Waals surface area contributed by atoms with Gasteiger partial charge in [0.15, 0.2) is 11.5 Å². The number of ether oxygens (including phenoxy) is 2. The van der Waals surface area contributed by atoms with Gasteiger partial charge in [-0.05, 0) is 61.1 Å². The van der Waals surface area contributed by atoms with Gasteiger partial charge in [0.25, 0.3) is 0 Å². The van der Waals surface area contributed by atoms with Crippen molar-refractivity contribution >= 4 is 17.5 Å². The Morgan fingerprint density at radius 3 is 2.67 bits per heavy atom. The van der Waals surface area contributed by atoms with Crippen molar-refractivity contribution in [3.63, 3.8) is 0 Å². The number of rotatable bonds is 6. The molecule has 0 unspecified atom stereocenters. The predicted octanol–water partition coefficient (Wildman–Crippen LogP) is 2.16. The van der Waals surface area contributed by atoms with Crippen LogP contribution in [0.15, 0.2) is 36.4 Å². The van der Waals surface area contributed by atoms with Gasteiger partial charge in [-0.3, -0.25) is 9.59 Å². The lowest BCUT2D eigenvalue weighted by Gasteiger charge is -2.30. The molecule has 0 saturated carbocycles. The molecular weight excluding hydrogens is 382 g/mol. The van der Waals surface area contributed by atoms with E-state index in [0.29, 0.717) is 24.5 Å². The van der Waals surface area contributed by atoms with Crippen LogP contribution in [0.4, 0.5) is 5.69 Å². The maximum Gasteiger partial charge on any atom is 0.309 e. The lowest BCUT2D eigenvalue weighted by atomic mass is 9.98. The van der Waals surface area contributed by atoms with E-state index in [2.05, 4.69) is 40.7 Å². The molecule has 0 aromatic heterocycles. The number of anilines is 1. The zero-order chi connectivity index (χ0) is 20.9. The van der Waals surface area contributed by atoms with Gasteiger partial charge in [-0.15, -0.1) is 0 Å². The summed E-state index contributed by atoms with van der Waals surface area (Å²) in [6.07, 6.45) is 2.96. The molecule has 2 heterocycles. The lowest BCUT2D eigenvalue weighted by Crippen LogP contribution is -2.40. The van der Waals surface area contributed by atoms with Gasteiger partial charge in [0, 0.05) is 31.9 Å². The summed E-state index contributed by atoms with van der Waals surface area (Å²) in [5.74, 6) is 0.0771.